The molecule has 4 heteroatoms. The molecule has 0 saturated carbocycles. The standard InChI is InChI=1S/C14H16ClNOS/c1-8-6-12(10(3)18-8)9(2)16-11-4-5-14(17)13(15)7-11/h4-7,9,16-17H,1-3H3. The van der Waals surface area contributed by atoms with Crippen LogP contribution in [0.1, 0.15) is 28.3 Å². The Morgan fingerprint density at radius 3 is 2.56 bits per heavy atom. The van der Waals surface area contributed by atoms with Crippen molar-refractivity contribution < 1.29 is 5.11 Å². The molecule has 1 aromatic heterocycles. The number of nitrogens with one attached hydrogen (secondary N) is 1. The normalized spacial score (nSPS) is 12.4. The van der Waals surface area contributed by atoms with E-state index >= 15 is 0 Å². The highest BCUT2D eigenvalue weighted by atomic mass is 35.5. The first-order valence-electron chi connectivity index (χ1n) is 5.79. The van der Waals surface area contributed by atoms with Crippen LogP contribution in [0.3, 0.4) is 0 Å². The van der Waals surface area contributed by atoms with Crippen LogP contribution in [0.15, 0.2) is 24.3 Å². The Labute approximate surface area is 116 Å². The minimum Gasteiger partial charge on any atom is -0.506 e. The van der Waals surface area contributed by atoms with E-state index in [4.69, 9.17) is 11.6 Å². The lowest BCUT2D eigenvalue weighted by molar-refractivity contribution is 0.475. The Bertz CT molecular complexity index is 565. The number of phenols is 1. The van der Waals surface area contributed by atoms with Gasteiger partial charge in [0.1, 0.15) is 5.75 Å². The Balaban J connectivity index is 2.18. The molecule has 0 aliphatic heterocycles. The number of aryl methyl sites for hydroxylation is 2. The van der Waals surface area contributed by atoms with Gasteiger partial charge in [0.15, 0.2) is 0 Å². The van der Waals surface area contributed by atoms with E-state index in [1.165, 1.54) is 15.3 Å². The zero-order valence-corrected chi connectivity index (χ0v) is 12.2. The number of halogens is 1. The molecule has 0 aliphatic rings. The van der Waals surface area contributed by atoms with E-state index in [-0.39, 0.29) is 11.8 Å². The summed E-state index contributed by atoms with van der Waals surface area (Å²) in [5.41, 5.74) is 2.22. The molecular weight excluding hydrogens is 266 g/mol. The van der Waals surface area contributed by atoms with Crippen molar-refractivity contribution in [2.24, 2.45) is 0 Å². The highest BCUT2D eigenvalue weighted by Crippen LogP contribution is 2.31. The van der Waals surface area contributed by atoms with Crippen LogP contribution >= 0.6 is 22.9 Å². The second-order valence-electron chi connectivity index (χ2n) is 4.40. The fraction of sp³-hybridized carbons (Fsp3) is 0.286. The molecule has 2 rings (SSSR count). The summed E-state index contributed by atoms with van der Waals surface area (Å²) in [5, 5.41) is 13.1. The largest absolute Gasteiger partial charge is 0.506 e. The lowest BCUT2D eigenvalue weighted by Gasteiger charge is -2.15. The number of phenolic OH excluding ortho intramolecular Hbond substituents is 1. The molecule has 1 aromatic carbocycles. The summed E-state index contributed by atoms with van der Waals surface area (Å²) < 4.78 is 0. The number of benzene rings is 1. The van der Waals surface area contributed by atoms with Crippen molar-refractivity contribution in [3.05, 3.63) is 44.6 Å². The average molecular weight is 282 g/mol. The third-order valence-corrected chi connectivity index (χ3v) is 4.16. The van der Waals surface area contributed by atoms with Gasteiger partial charge in [0, 0.05) is 21.5 Å². The smallest absolute Gasteiger partial charge is 0.134 e. The monoisotopic (exact) mass is 281 g/mol. The molecule has 0 bridgehead atoms. The quantitative estimate of drug-likeness (QED) is 0.785. The van der Waals surface area contributed by atoms with Crippen molar-refractivity contribution in [3.63, 3.8) is 0 Å². The lowest BCUT2D eigenvalue weighted by Crippen LogP contribution is -2.06. The molecule has 96 valence electrons. The minimum absolute atomic E-state index is 0.109. The summed E-state index contributed by atoms with van der Waals surface area (Å²) in [7, 11) is 0. The predicted octanol–water partition coefficient (Wildman–Crippen LogP) is 4.90. The van der Waals surface area contributed by atoms with E-state index in [2.05, 4.69) is 32.2 Å². The summed E-state index contributed by atoms with van der Waals surface area (Å²) in [6.07, 6.45) is 0. The summed E-state index contributed by atoms with van der Waals surface area (Å²) in [5.74, 6) is 0.109. The molecule has 1 heterocycles. The summed E-state index contributed by atoms with van der Waals surface area (Å²) in [4.78, 5) is 2.65. The molecule has 1 atom stereocenters. The van der Waals surface area contributed by atoms with Gasteiger partial charge >= 0.3 is 0 Å². The van der Waals surface area contributed by atoms with Gasteiger partial charge in [-0.15, -0.1) is 11.3 Å². The maximum Gasteiger partial charge on any atom is 0.134 e. The predicted molar refractivity (Wildman–Crippen MR) is 78.9 cm³/mol. The molecule has 0 amide bonds. The van der Waals surface area contributed by atoms with Gasteiger partial charge in [0.05, 0.1) is 5.02 Å². The number of aromatic hydroxyl groups is 1. The second-order valence-corrected chi connectivity index (χ2v) is 6.27. The minimum atomic E-state index is 0.109. The first kappa shape index (κ1) is 13.2. The highest BCUT2D eigenvalue weighted by molar-refractivity contribution is 7.12. The van der Waals surface area contributed by atoms with Crippen molar-refractivity contribution in [2.45, 2.75) is 26.8 Å². The van der Waals surface area contributed by atoms with E-state index in [9.17, 15) is 5.11 Å². The van der Waals surface area contributed by atoms with Crippen LogP contribution in [0.25, 0.3) is 0 Å². The molecule has 0 saturated heterocycles. The fourth-order valence-corrected chi connectivity index (χ4v) is 3.21. The number of hydrogen-bond acceptors (Lipinski definition) is 3. The first-order chi connectivity index (χ1) is 8.47. The molecule has 0 radical (unpaired) electrons. The SMILES string of the molecule is Cc1cc(C(C)Nc2ccc(O)c(Cl)c2)c(C)s1. The topological polar surface area (TPSA) is 32.3 Å². The van der Waals surface area contributed by atoms with Gasteiger partial charge in [0.2, 0.25) is 0 Å². The maximum absolute atomic E-state index is 9.38. The van der Waals surface area contributed by atoms with Gasteiger partial charge < -0.3 is 10.4 Å². The van der Waals surface area contributed by atoms with E-state index in [0.717, 1.165) is 5.69 Å². The molecule has 0 aliphatic carbocycles. The van der Waals surface area contributed by atoms with Crippen LogP contribution in [0.4, 0.5) is 5.69 Å². The molecule has 18 heavy (non-hydrogen) atoms. The van der Waals surface area contributed by atoms with Crippen molar-refractivity contribution in [1.82, 2.24) is 0 Å². The highest BCUT2D eigenvalue weighted by Gasteiger charge is 2.11. The zero-order chi connectivity index (χ0) is 13.3. The van der Waals surface area contributed by atoms with Crippen LogP contribution in [-0.4, -0.2) is 5.11 Å². The number of hydrogen-bond donors (Lipinski definition) is 2. The Hall–Kier alpha value is -1.19. The molecule has 2 nitrogen and oxygen atoms in total. The lowest BCUT2D eigenvalue weighted by atomic mass is 10.1. The van der Waals surface area contributed by atoms with Crippen LogP contribution in [-0.2, 0) is 0 Å². The molecular formula is C14H16ClNOS. The van der Waals surface area contributed by atoms with E-state index in [1.54, 1.807) is 12.1 Å². The van der Waals surface area contributed by atoms with Gasteiger partial charge in [-0.3, -0.25) is 0 Å². The summed E-state index contributed by atoms with van der Waals surface area (Å²) in [6, 6.07) is 7.59. The van der Waals surface area contributed by atoms with Gasteiger partial charge in [-0.2, -0.15) is 0 Å². The molecule has 2 aromatic rings. The van der Waals surface area contributed by atoms with Crippen molar-refractivity contribution >= 4 is 28.6 Å². The molecule has 0 spiro atoms. The van der Waals surface area contributed by atoms with Gasteiger partial charge in [-0.05, 0) is 50.6 Å². The third-order valence-electron chi connectivity index (χ3n) is 2.88. The Morgan fingerprint density at radius 2 is 2.00 bits per heavy atom. The van der Waals surface area contributed by atoms with Gasteiger partial charge in [0.25, 0.3) is 0 Å². The van der Waals surface area contributed by atoms with Crippen molar-refractivity contribution in [3.8, 4) is 5.75 Å². The van der Waals surface area contributed by atoms with Gasteiger partial charge in [-0.25, -0.2) is 0 Å². The summed E-state index contributed by atoms with van der Waals surface area (Å²) >= 11 is 7.70. The summed E-state index contributed by atoms with van der Waals surface area (Å²) in [6.45, 7) is 6.37. The van der Waals surface area contributed by atoms with Gasteiger partial charge in [-0.1, -0.05) is 11.6 Å². The van der Waals surface area contributed by atoms with Crippen molar-refractivity contribution in [2.75, 3.05) is 5.32 Å². The Kier molecular flexibility index (Phi) is 3.83. The van der Waals surface area contributed by atoms with Crippen LogP contribution < -0.4 is 5.32 Å². The van der Waals surface area contributed by atoms with Crippen LogP contribution in [0.5, 0.6) is 5.75 Å². The third kappa shape index (κ3) is 2.79. The Morgan fingerprint density at radius 1 is 1.28 bits per heavy atom. The fourth-order valence-electron chi connectivity index (χ4n) is 2.00. The second kappa shape index (κ2) is 5.21. The zero-order valence-electron chi connectivity index (χ0n) is 10.6. The maximum atomic E-state index is 9.38. The number of thiophene rings is 1. The van der Waals surface area contributed by atoms with Crippen molar-refractivity contribution in [1.29, 1.82) is 0 Å². The molecule has 1 unspecified atom stereocenters. The number of anilines is 1. The molecule has 2 N–H and O–H groups in total. The van der Waals surface area contributed by atoms with E-state index in [1.807, 2.05) is 17.4 Å². The van der Waals surface area contributed by atoms with E-state index < -0.39 is 0 Å². The number of rotatable bonds is 3. The van der Waals surface area contributed by atoms with Crippen LogP contribution in [0.2, 0.25) is 5.02 Å². The van der Waals surface area contributed by atoms with E-state index in [0.29, 0.717) is 5.02 Å². The molecule has 0 fully saturated rings. The average Bonchev–Trinajstić information content (AvgIpc) is 2.63. The first-order valence-corrected chi connectivity index (χ1v) is 6.99. The van der Waals surface area contributed by atoms with Crippen LogP contribution in [0, 0.1) is 13.8 Å².